The van der Waals surface area contributed by atoms with Gasteiger partial charge in [-0.15, -0.1) is 0 Å². The Kier molecular flexibility index (Phi) is 6.33. The standard InChI is InChI=1S/C23H43NO3/c1-21(2)11-6-19-22(3,12-7-20(26)23(19,4)16-25)18(21)10-15-27-17-8-13-24(5)14-9-17/h17-20,25-26H,6-16H2,1-5H3/t18-,19?,20-,22+,23+/m1/s1. The Bertz CT molecular complexity index is 502. The molecule has 1 unspecified atom stereocenters. The van der Waals surface area contributed by atoms with Crippen LogP contribution in [-0.4, -0.2) is 60.7 Å². The fraction of sp³-hybridized carbons (Fsp3) is 1.00. The van der Waals surface area contributed by atoms with Crippen molar-refractivity contribution < 1.29 is 14.9 Å². The van der Waals surface area contributed by atoms with Crippen LogP contribution in [0.15, 0.2) is 0 Å². The number of hydrogen-bond donors (Lipinski definition) is 2. The van der Waals surface area contributed by atoms with E-state index >= 15 is 0 Å². The molecular weight excluding hydrogens is 338 g/mol. The molecule has 4 nitrogen and oxygen atoms in total. The number of aliphatic hydroxyl groups excluding tert-OH is 2. The Morgan fingerprint density at radius 3 is 2.30 bits per heavy atom. The minimum atomic E-state index is -0.377. The van der Waals surface area contributed by atoms with Gasteiger partial charge in [0.2, 0.25) is 0 Å². The average molecular weight is 382 g/mol. The van der Waals surface area contributed by atoms with Gasteiger partial charge >= 0.3 is 0 Å². The van der Waals surface area contributed by atoms with Gasteiger partial charge in [-0.2, -0.15) is 0 Å². The van der Waals surface area contributed by atoms with Gasteiger partial charge in [0.05, 0.1) is 18.8 Å². The van der Waals surface area contributed by atoms with Crippen molar-refractivity contribution in [3.05, 3.63) is 0 Å². The monoisotopic (exact) mass is 381 g/mol. The molecule has 1 saturated heterocycles. The van der Waals surface area contributed by atoms with Gasteiger partial charge in [-0.3, -0.25) is 0 Å². The lowest BCUT2D eigenvalue weighted by Gasteiger charge is -2.63. The Hall–Kier alpha value is -0.160. The van der Waals surface area contributed by atoms with Crippen molar-refractivity contribution >= 4 is 0 Å². The lowest BCUT2D eigenvalue weighted by molar-refractivity contribution is -0.190. The second-order valence-corrected chi connectivity index (χ2v) is 11.0. The lowest BCUT2D eigenvalue weighted by atomic mass is 9.42. The molecule has 0 amide bonds. The third-order valence-electron chi connectivity index (χ3n) is 8.89. The van der Waals surface area contributed by atoms with Crippen molar-refractivity contribution in [2.45, 2.75) is 84.8 Å². The van der Waals surface area contributed by atoms with Gasteiger partial charge in [0, 0.05) is 25.1 Å². The molecule has 158 valence electrons. The molecule has 2 saturated carbocycles. The fourth-order valence-corrected chi connectivity index (χ4v) is 7.04. The Morgan fingerprint density at radius 2 is 1.67 bits per heavy atom. The van der Waals surface area contributed by atoms with Crippen molar-refractivity contribution in [3.63, 3.8) is 0 Å². The molecule has 3 fully saturated rings. The number of piperidine rings is 1. The zero-order valence-corrected chi connectivity index (χ0v) is 18.3. The molecule has 0 aromatic heterocycles. The third kappa shape index (κ3) is 3.97. The maximum Gasteiger partial charge on any atom is 0.0618 e. The van der Waals surface area contributed by atoms with E-state index in [1.165, 1.54) is 6.42 Å². The highest BCUT2D eigenvalue weighted by Crippen LogP contribution is 2.64. The van der Waals surface area contributed by atoms with Crippen LogP contribution in [0.1, 0.15) is 72.6 Å². The van der Waals surface area contributed by atoms with Crippen LogP contribution in [0.2, 0.25) is 0 Å². The predicted molar refractivity (Wildman–Crippen MR) is 110 cm³/mol. The van der Waals surface area contributed by atoms with E-state index in [0.717, 1.165) is 58.2 Å². The zero-order valence-electron chi connectivity index (χ0n) is 18.3. The number of hydrogen-bond acceptors (Lipinski definition) is 4. The topological polar surface area (TPSA) is 52.9 Å². The molecule has 5 atom stereocenters. The van der Waals surface area contributed by atoms with Crippen LogP contribution in [0.25, 0.3) is 0 Å². The van der Waals surface area contributed by atoms with Gasteiger partial charge < -0.3 is 19.8 Å². The van der Waals surface area contributed by atoms with Crippen LogP contribution in [0.5, 0.6) is 0 Å². The molecule has 0 aromatic carbocycles. The van der Waals surface area contributed by atoms with Crippen molar-refractivity contribution in [2.75, 3.05) is 33.4 Å². The third-order valence-corrected chi connectivity index (χ3v) is 8.89. The molecule has 0 aromatic rings. The molecule has 27 heavy (non-hydrogen) atoms. The van der Waals surface area contributed by atoms with Crippen molar-refractivity contribution in [3.8, 4) is 0 Å². The van der Waals surface area contributed by atoms with E-state index in [2.05, 4.69) is 39.6 Å². The van der Waals surface area contributed by atoms with Gasteiger partial charge in [0.1, 0.15) is 0 Å². The van der Waals surface area contributed by atoms with Crippen LogP contribution in [0.4, 0.5) is 0 Å². The molecule has 4 heteroatoms. The van der Waals surface area contributed by atoms with Crippen LogP contribution >= 0.6 is 0 Å². The number of likely N-dealkylation sites (tertiary alicyclic amines) is 1. The van der Waals surface area contributed by atoms with Crippen molar-refractivity contribution in [2.24, 2.45) is 28.1 Å². The van der Waals surface area contributed by atoms with Gasteiger partial charge in [0.15, 0.2) is 0 Å². The highest BCUT2D eigenvalue weighted by atomic mass is 16.5. The summed E-state index contributed by atoms with van der Waals surface area (Å²) in [7, 11) is 2.19. The number of nitrogens with zero attached hydrogens (tertiary/aromatic N) is 1. The number of fused-ring (bicyclic) bond motifs is 1. The van der Waals surface area contributed by atoms with Crippen LogP contribution < -0.4 is 0 Å². The molecule has 0 bridgehead atoms. The molecule has 3 aliphatic rings. The quantitative estimate of drug-likeness (QED) is 0.762. The normalized spacial score (nSPS) is 43.4. The van der Waals surface area contributed by atoms with Gasteiger partial charge in [-0.25, -0.2) is 0 Å². The summed E-state index contributed by atoms with van der Waals surface area (Å²) in [6, 6.07) is 0. The highest BCUT2D eigenvalue weighted by molar-refractivity contribution is 5.09. The molecule has 2 aliphatic carbocycles. The first kappa shape index (κ1) is 21.5. The van der Waals surface area contributed by atoms with Gasteiger partial charge in [-0.05, 0) is 74.7 Å². The Labute approximate surface area is 166 Å². The summed E-state index contributed by atoms with van der Waals surface area (Å²) in [5.41, 5.74) is 0.102. The summed E-state index contributed by atoms with van der Waals surface area (Å²) in [5.74, 6) is 0.966. The van der Waals surface area contributed by atoms with E-state index in [-0.39, 0.29) is 23.5 Å². The predicted octanol–water partition coefficient (Wildman–Crippen LogP) is 3.70. The van der Waals surface area contributed by atoms with E-state index in [9.17, 15) is 10.2 Å². The smallest absolute Gasteiger partial charge is 0.0618 e. The number of rotatable bonds is 5. The Balaban J connectivity index is 1.70. The second-order valence-electron chi connectivity index (χ2n) is 11.0. The molecule has 2 N–H and O–H groups in total. The van der Waals surface area contributed by atoms with E-state index in [1.807, 2.05) is 0 Å². The SMILES string of the molecule is CN1CCC(OCC[C@@H]2C(C)(C)CCC3[C@](C)(CO)[C@H](O)CC[C@]32C)CC1. The largest absolute Gasteiger partial charge is 0.396 e. The summed E-state index contributed by atoms with van der Waals surface area (Å²) < 4.78 is 6.33. The molecule has 0 radical (unpaired) electrons. The summed E-state index contributed by atoms with van der Waals surface area (Å²) >= 11 is 0. The maximum atomic E-state index is 10.7. The lowest BCUT2D eigenvalue weighted by Crippen LogP contribution is -2.60. The first-order valence-corrected chi connectivity index (χ1v) is 11.2. The summed E-state index contributed by atoms with van der Waals surface area (Å²) in [6.07, 6.45) is 7.62. The summed E-state index contributed by atoms with van der Waals surface area (Å²) in [6.45, 7) is 12.6. The highest BCUT2D eigenvalue weighted by Gasteiger charge is 2.60. The average Bonchev–Trinajstić information content (AvgIpc) is 2.62. The zero-order chi connectivity index (χ0) is 19.9. The second kappa shape index (κ2) is 7.93. The minimum Gasteiger partial charge on any atom is -0.396 e. The van der Waals surface area contributed by atoms with Crippen LogP contribution in [-0.2, 0) is 4.74 Å². The van der Waals surface area contributed by atoms with Crippen LogP contribution in [0, 0.1) is 28.1 Å². The first-order chi connectivity index (χ1) is 12.6. The number of aliphatic hydroxyl groups is 2. The van der Waals surface area contributed by atoms with Crippen LogP contribution in [0.3, 0.4) is 0 Å². The first-order valence-electron chi connectivity index (χ1n) is 11.2. The summed E-state index contributed by atoms with van der Waals surface area (Å²) in [4.78, 5) is 2.39. The molecule has 0 spiro atoms. The molecule has 1 heterocycles. The van der Waals surface area contributed by atoms with Crippen molar-refractivity contribution in [1.82, 2.24) is 4.90 Å². The van der Waals surface area contributed by atoms with E-state index in [4.69, 9.17) is 4.74 Å². The molecular formula is C23H43NO3. The summed E-state index contributed by atoms with van der Waals surface area (Å²) in [5, 5.41) is 20.8. The van der Waals surface area contributed by atoms with Gasteiger partial charge in [0.25, 0.3) is 0 Å². The van der Waals surface area contributed by atoms with E-state index < -0.39 is 0 Å². The fourth-order valence-electron chi connectivity index (χ4n) is 7.04. The minimum absolute atomic E-state index is 0.0909. The number of ether oxygens (including phenoxy) is 1. The van der Waals surface area contributed by atoms with E-state index in [0.29, 0.717) is 23.4 Å². The molecule has 1 aliphatic heterocycles. The maximum absolute atomic E-state index is 10.7. The van der Waals surface area contributed by atoms with Gasteiger partial charge in [-0.1, -0.05) is 27.7 Å². The van der Waals surface area contributed by atoms with Crippen molar-refractivity contribution in [1.29, 1.82) is 0 Å². The Morgan fingerprint density at radius 1 is 1.00 bits per heavy atom. The molecule has 3 rings (SSSR count). The van der Waals surface area contributed by atoms with E-state index in [1.54, 1.807) is 0 Å².